The number of ether oxygens (including phenoxy) is 1. The molecule has 1 heterocycles. The third kappa shape index (κ3) is 2.82. The van der Waals surface area contributed by atoms with Crippen LogP contribution < -0.4 is 5.73 Å². The maximum absolute atomic E-state index is 11.6. The van der Waals surface area contributed by atoms with Crippen LogP contribution in [0.5, 0.6) is 0 Å². The van der Waals surface area contributed by atoms with E-state index in [1.54, 1.807) is 11.6 Å². The molecule has 20 heavy (non-hydrogen) atoms. The Bertz CT molecular complexity index is 615. The lowest BCUT2D eigenvalue weighted by molar-refractivity contribution is -0.144. The van der Waals surface area contributed by atoms with E-state index >= 15 is 0 Å². The van der Waals surface area contributed by atoms with Crippen LogP contribution in [0, 0.1) is 13.8 Å². The number of carbonyl (C=O) groups is 1. The van der Waals surface area contributed by atoms with Crippen molar-refractivity contribution < 1.29 is 9.53 Å². The van der Waals surface area contributed by atoms with Gasteiger partial charge in [-0.3, -0.25) is 9.48 Å². The van der Waals surface area contributed by atoms with Crippen LogP contribution in [-0.4, -0.2) is 22.4 Å². The first-order valence-electron chi connectivity index (χ1n) is 6.58. The number of nitrogen functional groups attached to an aromatic ring is 1. The zero-order chi connectivity index (χ0) is 14.7. The van der Waals surface area contributed by atoms with E-state index in [1.807, 2.05) is 38.1 Å². The Morgan fingerprint density at radius 1 is 1.30 bits per heavy atom. The monoisotopic (exact) mass is 273 g/mol. The van der Waals surface area contributed by atoms with Crippen molar-refractivity contribution in [3.63, 3.8) is 0 Å². The molecule has 0 amide bonds. The minimum Gasteiger partial charge on any atom is -0.465 e. The van der Waals surface area contributed by atoms with Crippen LogP contribution in [0.2, 0.25) is 0 Å². The highest BCUT2D eigenvalue weighted by atomic mass is 16.5. The highest BCUT2D eigenvalue weighted by Gasteiger charge is 2.15. The van der Waals surface area contributed by atoms with Gasteiger partial charge in [-0.25, -0.2) is 0 Å². The lowest BCUT2D eigenvalue weighted by atomic mass is 10.0. The Labute approximate surface area is 118 Å². The second-order valence-electron chi connectivity index (χ2n) is 4.63. The minimum absolute atomic E-state index is 0.134. The van der Waals surface area contributed by atoms with Crippen molar-refractivity contribution in [3.05, 3.63) is 35.7 Å². The molecule has 2 rings (SSSR count). The van der Waals surface area contributed by atoms with Gasteiger partial charge in [0.15, 0.2) is 0 Å². The first kappa shape index (κ1) is 14.1. The molecule has 2 N–H and O–H groups in total. The third-order valence-electron chi connectivity index (χ3n) is 3.17. The van der Waals surface area contributed by atoms with Gasteiger partial charge in [0.05, 0.1) is 12.3 Å². The van der Waals surface area contributed by atoms with Gasteiger partial charge in [0.2, 0.25) is 0 Å². The fraction of sp³-hybridized carbons (Fsp3) is 0.333. The lowest BCUT2D eigenvalue weighted by Crippen LogP contribution is -2.15. The van der Waals surface area contributed by atoms with Crippen molar-refractivity contribution in [2.24, 2.45) is 0 Å². The van der Waals surface area contributed by atoms with Gasteiger partial charge in [0.1, 0.15) is 6.54 Å². The summed E-state index contributed by atoms with van der Waals surface area (Å²) in [6, 6.07) is 7.63. The molecule has 0 saturated heterocycles. The number of carbonyl (C=O) groups excluding carboxylic acids is 1. The second kappa shape index (κ2) is 5.77. The molecule has 5 nitrogen and oxygen atoms in total. The number of hydrogen-bond donors (Lipinski definition) is 1. The van der Waals surface area contributed by atoms with Gasteiger partial charge in [-0.1, -0.05) is 12.1 Å². The summed E-state index contributed by atoms with van der Waals surface area (Å²) in [4.78, 5) is 11.6. The van der Waals surface area contributed by atoms with Crippen molar-refractivity contribution in [2.45, 2.75) is 27.3 Å². The van der Waals surface area contributed by atoms with Crippen LogP contribution in [0.25, 0.3) is 11.1 Å². The fourth-order valence-corrected chi connectivity index (χ4v) is 2.25. The molecular formula is C15H19N3O2. The molecule has 0 atom stereocenters. The summed E-state index contributed by atoms with van der Waals surface area (Å²) in [5, 5.41) is 4.42. The smallest absolute Gasteiger partial charge is 0.327 e. The van der Waals surface area contributed by atoms with Crippen LogP contribution in [0.4, 0.5) is 5.69 Å². The first-order chi connectivity index (χ1) is 9.52. The number of aryl methyl sites for hydroxylation is 1. The molecule has 0 radical (unpaired) electrons. The Kier molecular flexibility index (Phi) is 4.08. The number of benzene rings is 1. The van der Waals surface area contributed by atoms with E-state index in [9.17, 15) is 4.79 Å². The SMILES string of the molecule is CCOC(=O)Cn1nc(C)c(-c2ccc(N)cc2)c1C. The summed E-state index contributed by atoms with van der Waals surface area (Å²) in [6.07, 6.45) is 0. The molecule has 0 aliphatic heterocycles. The zero-order valence-corrected chi connectivity index (χ0v) is 12.0. The number of esters is 1. The second-order valence-corrected chi connectivity index (χ2v) is 4.63. The van der Waals surface area contributed by atoms with Crippen molar-refractivity contribution in [1.82, 2.24) is 9.78 Å². The highest BCUT2D eigenvalue weighted by Crippen LogP contribution is 2.27. The zero-order valence-electron chi connectivity index (χ0n) is 12.0. The molecular weight excluding hydrogens is 254 g/mol. The molecule has 0 aliphatic carbocycles. The number of aromatic nitrogens is 2. The van der Waals surface area contributed by atoms with Crippen molar-refractivity contribution in [2.75, 3.05) is 12.3 Å². The van der Waals surface area contributed by atoms with E-state index in [4.69, 9.17) is 10.5 Å². The van der Waals surface area contributed by atoms with Gasteiger partial charge >= 0.3 is 5.97 Å². The summed E-state index contributed by atoms with van der Waals surface area (Å²) in [6.45, 7) is 6.18. The molecule has 0 aliphatic rings. The number of nitrogens with two attached hydrogens (primary N) is 1. The van der Waals surface area contributed by atoms with E-state index in [0.29, 0.717) is 6.61 Å². The average molecular weight is 273 g/mol. The summed E-state index contributed by atoms with van der Waals surface area (Å²) < 4.78 is 6.63. The van der Waals surface area contributed by atoms with Crippen molar-refractivity contribution >= 4 is 11.7 Å². The standard InChI is InChI=1S/C15H19N3O2/c1-4-20-14(19)9-18-11(3)15(10(2)17-18)12-5-7-13(16)8-6-12/h5-8H,4,9,16H2,1-3H3. The largest absolute Gasteiger partial charge is 0.465 e. The number of rotatable bonds is 4. The van der Waals surface area contributed by atoms with E-state index < -0.39 is 0 Å². The van der Waals surface area contributed by atoms with Gasteiger partial charge in [0, 0.05) is 16.9 Å². The third-order valence-corrected chi connectivity index (χ3v) is 3.17. The van der Waals surface area contributed by atoms with Gasteiger partial charge in [0.25, 0.3) is 0 Å². The van der Waals surface area contributed by atoms with E-state index in [-0.39, 0.29) is 12.5 Å². The number of nitrogens with zero attached hydrogens (tertiary/aromatic N) is 2. The highest BCUT2D eigenvalue weighted by molar-refractivity contribution is 5.72. The quantitative estimate of drug-likeness (QED) is 0.685. The molecule has 0 spiro atoms. The van der Waals surface area contributed by atoms with Crippen molar-refractivity contribution in [3.8, 4) is 11.1 Å². The predicted octanol–water partition coefficient (Wildman–Crippen LogP) is 2.31. The molecule has 1 aromatic carbocycles. The van der Waals surface area contributed by atoms with Crippen LogP contribution in [0.3, 0.4) is 0 Å². The molecule has 2 aromatic rings. The topological polar surface area (TPSA) is 70.1 Å². The predicted molar refractivity (Wildman–Crippen MR) is 78.2 cm³/mol. The normalized spacial score (nSPS) is 10.6. The van der Waals surface area contributed by atoms with Gasteiger partial charge < -0.3 is 10.5 Å². The first-order valence-corrected chi connectivity index (χ1v) is 6.58. The molecule has 0 saturated carbocycles. The van der Waals surface area contributed by atoms with Gasteiger partial charge in [-0.2, -0.15) is 5.10 Å². The molecule has 0 unspecified atom stereocenters. The summed E-state index contributed by atoms with van der Waals surface area (Å²) in [7, 11) is 0. The van der Waals surface area contributed by atoms with Gasteiger partial charge in [-0.05, 0) is 38.5 Å². The van der Waals surface area contributed by atoms with Crippen LogP contribution in [-0.2, 0) is 16.1 Å². The molecule has 5 heteroatoms. The van der Waals surface area contributed by atoms with Crippen LogP contribution in [0.15, 0.2) is 24.3 Å². The molecule has 1 aromatic heterocycles. The Morgan fingerprint density at radius 3 is 2.55 bits per heavy atom. The van der Waals surface area contributed by atoms with E-state index in [0.717, 1.165) is 28.2 Å². The average Bonchev–Trinajstić information content (AvgIpc) is 2.66. The Balaban J connectivity index is 2.33. The Hall–Kier alpha value is -2.30. The van der Waals surface area contributed by atoms with Crippen LogP contribution >= 0.6 is 0 Å². The summed E-state index contributed by atoms with van der Waals surface area (Å²) in [5.74, 6) is -0.276. The molecule has 0 bridgehead atoms. The maximum atomic E-state index is 11.6. The summed E-state index contributed by atoms with van der Waals surface area (Å²) >= 11 is 0. The van der Waals surface area contributed by atoms with Gasteiger partial charge in [-0.15, -0.1) is 0 Å². The summed E-state index contributed by atoms with van der Waals surface area (Å²) in [5.41, 5.74) is 10.3. The Morgan fingerprint density at radius 2 is 1.95 bits per heavy atom. The minimum atomic E-state index is -0.276. The molecule has 0 fully saturated rings. The van der Waals surface area contributed by atoms with E-state index in [2.05, 4.69) is 5.10 Å². The number of anilines is 1. The molecule has 106 valence electrons. The maximum Gasteiger partial charge on any atom is 0.327 e. The fourth-order valence-electron chi connectivity index (χ4n) is 2.25. The van der Waals surface area contributed by atoms with E-state index in [1.165, 1.54) is 0 Å². The van der Waals surface area contributed by atoms with Crippen molar-refractivity contribution in [1.29, 1.82) is 0 Å². The van der Waals surface area contributed by atoms with Crippen LogP contribution in [0.1, 0.15) is 18.3 Å². The lowest BCUT2D eigenvalue weighted by Gasteiger charge is -2.06. The number of hydrogen-bond acceptors (Lipinski definition) is 4.